The maximum Gasteiger partial charge on any atom is 0.243 e. The number of benzene rings is 2. The summed E-state index contributed by atoms with van der Waals surface area (Å²) in [5, 5.41) is 8.79. The quantitative estimate of drug-likeness (QED) is 0.583. The second-order valence-electron chi connectivity index (χ2n) is 7.43. The minimum atomic E-state index is -0.138. The van der Waals surface area contributed by atoms with Crippen molar-refractivity contribution in [2.24, 2.45) is 5.10 Å². The van der Waals surface area contributed by atoms with Gasteiger partial charge in [-0.1, -0.05) is 36.4 Å². The van der Waals surface area contributed by atoms with Crippen molar-refractivity contribution in [3.05, 3.63) is 59.7 Å². The third-order valence-corrected chi connectivity index (χ3v) is 5.11. The van der Waals surface area contributed by atoms with Gasteiger partial charge in [0.05, 0.1) is 25.5 Å². The normalized spacial score (nSPS) is 12.9. The number of hydrogen-bond acceptors (Lipinski definition) is 5. The van der Waals surface area contributed by atoms with Crippen molar-refractivity contribution in [3.8, 4) is 11.5 Å². The van der Waals surface area contributed by atoms with Gasteiger partial charge < -0.3 is 14.8 Å². The first-order valence-corrected chi connectivity index (χ1v) is 11.2. The van der Waals surface area contributed by atoms with Gasteiger partial charge >= 0.3 is 0 Å². The van der Waals surface area contributed by atoms with E-state index >= 15 is 0 Å². The number of carbonyl (C=O) groups is 2. The minimum absolute atomic E-state index is 0.126. The molecular weight excluding hydrogens is 406 g/mol. The SMILES string of the molecule is CCOc1ccc(CCNC(=O)CCC(=O)N2CCC(c3ccccc3)=N2)cc1OCC. The monoisotopic (exact) mass is 437 g/mol. The summed E-state index contributed by atoms with van der Waals surface area (Å²) < 4.78 is 11.2. The fourth-order valence-electron chi connectivity index (χ4n) is 3.51. The van der Waals surface area contributed by atoms with Gasteiger partial charge in [-0.05, 0) is 43.5 Å². The smallest absolute Gasteiger partial charge is 0.243 e. The Morgan fingerprint density at radius 1 is 1.00 bits per heavy atom. The highest BCUT2D eigenvalue weighted by Gasteiger charge is 2.21. The number of carbonyl (C=O) groups excluding carboxylic acids is 2. The van der Waals surface area contributed by atoms with Crippen LogP contribution in [-0.4, -0.2) is 48.8 Å². The molecule has 0 bridgehead atoms. The van der Waals surface area contributed by atoms with Gasteiger partial charge in [0.15, 0.2) is 11.5 Å². The topological polar surface area (TPSA) is 80.2 Å². The number of hydrazone groups is 1. The van der Waals surface area contributed by atoms with Gasteiger partial charge in [0, 0.05) is 25.8 Å². The first-order chi connectivity index (χ1) is 15.6. The van der Waals surface area contributed by atoms with Gasteiger partial charge in [0.2, 0.25) is 11.8 Å². The number of hydrogen-bond donors (Lipinski definition) is 1. The van der Waals surface area contributed by atoms with Crippen LogP contribution in [0.25, 0.3) is 0 Å². The molecule has 0 fully saturated rings. The Hall–Kier alpha value is -3.35. The van der Waals surface area contributed by atoms with Crippen LogP contribution in [0.1, 0.15) is 44.2 Å². The van der Waals surface area contributed by atoms with Crippen LogP contribution < -0.4 is 14.8 Å². The predicted molar refractivity (Wildman–Crippen MR) is 124 cm³/mol. The summed E-state index contributed by atoms with van der Waals surface area (Å²) in [7, 11) is 0. The maximum atomic E-state index is 12.4. The van der Waals surface area contributed by atoms with E-state index in [0.29, 0.717) is 38.5 Å². The average Bonchev–Trinajstić information content (AvgIpc) is 3.30. The summed E-state index contributed by atoms with van der Waals surface area (Å²) in [5.74, 6) is 1.17. The van der Waals surface area contributed by atoms with Crippen molar-refractivity contribution in [2.45, 2.75) is 39.5 Å². The molecule has 2 aromatic carbocycles. The maximum absolute atomic E-state index is 12.4. The molecule has 0 saturated carbocycles. The Morgan fingerprint density at radius 3 is 2.50 bits per heavy atom. The standard InChI is InChI=1S/C25H31N3O4/c1-3-31-22-11-10-19(18-23(22)32-4-2)14-16-26-24(29)12-13-25(30)28-17-15-21(27-28)20-8-6-5-7-9-20/h5-11,18H,3-4,12-17H2,1-2H3,(H,26,29). The van der Waals surface area contributed by atoms with Crippen LogP contribution in [0.5, 0.6) is 11.5 Å². The molecule has 0 atom stereocenters. The van der Waals surface area contributed by atoms with Crippen LogP contribution in [0.2, 0.25) is 0 Å². The fraction of sp³-hybridized carbons (Fsp3) is 0.400. The van der Waals surface area contributed by atoms with Crippen molar-refractivity contribution in [1.29, 1.82) is 0 Å². The van der Waals surface area contributed by atoms with Crippen LogP contribution in [-0.2, 0) is 16.0 Å². The highest BCUT2D eigenvalue weighted by Crippen LogP contribution is 2.28. The van der Waals surface area contributed by atoms with E-state index in [0.717, 1.165) is 29.0 Å². The summed E-state index contributed by atoms with van der Waals surface area (Å²) in [6, 6.07) is 15.6. The van der Waals surface area contributed by atoms with E-state index in [1.807, 2.05) is 62.4 Å². The van der Waals surface area contributed by atoms with E-state index in [2.05, 4.69) is 10.4 Å². The molecule has 0 aliphatic carbocycles. The van der Waals surface area contributed by atoms with E-state index in [1.54, 1.807) is 0 Å². The fourth-order valence-corrected chi connectivity index (χ4v) is 3.51. The van der Waals surface area contributed by atoms with Gasteiger partial charge in [-0.25, -0.2) is 5.01 Å². The molecule has 1 aliphatic rings. The average molecular weight is 438 g/mol. The predicted octanol–water partition coefficient (Wildman–Crippen LogP) is 3.56. The lowest BCUT2D eigenvalue weighted by Gasteiger charge is -2.13. The third kappa shape index (κ3) is 6.57. The first-order valence-electron chi connectivity index (χ1n) is 11.2. The zero-order chi connectivity index (χ0) is 22.8. The Morgan fingerprint density at radius 2 is 1.75 bits per heavy atom. The highest BCUT2D eigenvalue weighted by molar-refractivity contribution is 6.02. The molecule has 2 amide bonds. The minimum Gasteiger partial charge on any atom is -0.490 e. The van der Waals surface area contributed by atoms with E-state index in [4.69, 9.17) is 9.47 Å². The first kappa shape index (κ1) is 23.3. The van der Waals surface area contributed by atoms with Crippen molar-refractivity contribution < 1.29 is 19.1 Å². The Kier molecular flexibility index (Phi) is 8.66. The van der Waals surface area contributed by atoms with Crippen LogP contribution in [0.15, 0.2) is 53.6 Å². The molecule has 3 rings (SSSR count). The van der Waals surface area contributed by atoms with Crippen LogP contribution in [0.4, 0.5) is 0 Å². The van der Waals surface area contributed by atoms with Crippen LogP contribution in [0, 0.1) is 0 Å². The van der Waals surface area contributed by atoms with E-state index < -0.39 is 0 Å². The van der Waals surface area contributed by atoms with Crippen LogP contribution in [0.3, 0.4) is 0 Å². The molecule has 170 valence electrons. The van der Waals surface area contributed by atoms with Crippen molar-refractivity contribution in [2.75, 3.05) is 26.3 Å². The number of ether oxygens (including phenoxy) is 2. The second-order valence-corrected chi connectivity index (χ2v) is 7.43. The van der Waals surface area contributed by atoms with E-state index in [1.165, 1.54) is 5.01 Å². The summed E-state index contributed by atoms with van der Waals surface area (Å²) >= 11 is 0. The number of amides is 2. The Labute approximate surface area is 189 Å². The third-order valence-electron chi connectivity index (χ3n) is 5.11. The van der Waals surface area contributed by atoms with Crippen molar-refractivity contribution in [1.82, 2.24) is 10.3 Å². The van der Waals surface area contributed by atoms with E-state index in [-0.39, 0.29) is 24.7 Å². The molecule has 0 aromatic heterocycles. The largest absolute Gasteiger partial charge is 0.490 e. The molecule has 7 nitrogen and oxygen atoms in total. The summed E-state index contributed by atoms with van der Waals surface area (Å²) in [4.78, 5) is 24.6. The molecule has 7 heteroatoms. The molecule has 0 radical (unpaired) electrons. The van der Waals surface area contributed by atoms with Gasteiger partial charge in [0.1, 0.15) is 0 Å². The summed E-state index contributed by atoms with van der Waals surface area (Å²) in [6.07, 6.45) is 1.70. The summed E-state index contributed by atoms with van der Waals surface area (Å²) in [5.41, 5.74) is 2.99. The number of nitrogens with zero attached hydrogens (tertiary/aromatic N) is 2. The Bertz CT molecular complexity index is 943. The van der Waals surface area contributed by atoms with Gasteiger partial charge in [-0.2, -0.15) is 5.10 Å². The summed E-state index contributed by atoms with van der Waals surface area (Å²) in [6.45, 7) is 6.05. The van der Waals surface area contributed by atoms with Gasteiger partial charge in [0.25, 0.3) is 0 Å². The van der Waals surface area contributed by atoms with Gasteiger partial charge in [-0.15, -0.1) is 0 Å². The molecule has 32 heavy (non-hydrogen) atoms. The lowest BCUT2D eigenvalue weighted by Crippen LogP contribution is -2.29. The molecule has 1 heterocycles. The molecule has 0 unspecified atom stereocenters. The number of rotatable bonds is 11. The van der Waals surface area contributed by atoms with Crippen LogP contribution >= 0.6 is 0 Å². The molecule has 1 N–H and O–H groups in total. The Balaban J connectivity index is 1.41. The lowest BCUT2D eigenvalue weighted by atomic mass is 10.1. The van der Waals surface area contributed by atoms with E-state index in [9.17, 15) is 9.59 Å². The van der Waals surface area contributed by atoms with Crippen molar-refractivity contribution >= 4 is 17.5 Å². The molecule has 1 aliphatic heterocycles. The second kappa shape index (κ2) is 11.9. The lowest BCUT2D eigenvalue weighted by molar-refractivity contribution is -0.133. The zero-order valence-corrected chi connectivity index (χ0v) is 18.8. The van der Waals surface area contributed by atoms with Crippen molar-refractivity contribution in [3.63, 3.8) is 0 Å². The molecule has 2 aromatic rings. The molecule has 0 saturated heterocycles. The number of nitrogens with one attached hydrogen (secondary N) is 1. The zero-order valence-electron chi connectivity index (χ0n) is 18.8. The molecule has 0 spiro atoms. The van der Waals surface area contributed by atoms with Gasteiger partial charge in [-0.3, -0.25) is 9.59 Å². The molecular formula is C25H31N3O4. The highest BCUT2D eigenvalue weighted by atomic mass is 16.5.